The highest BCUT2D eigenvalue weighted by atomic mass is 19.1. The molecule has 0 aliphatic carbocycles. The summed E-state index contributed by atoms with van der Waals surface area (Å²) in [6, 6.07) is 5.08. The van der Waals surface area contributed by atoms with E-state index in [1.165, 1.54) is 24.1 Å². The predicted molar refractivity (Wildman–Crippen MR) is 112 cm³/mol. The van der Waals surface area contributed by atoms with E-state index in [-0.39, 0.29) is 30.0 Å². The molecule has 0 radical (unpaired) electrons. The van der Waals surface area contributed by atoms with Gasteiger partial charge in [0.15, 0.2) is 5.78 Å². The molecule has 7 heteroatoms. The molecular weight excluding hydrogens is 387 g/mol. The van der Waals surface area contributed by atoms with Crippen LogP contribution in [0.3, 0.4) is 0 Å². The minimum absolute atomic E-state index is 0.180. The molecule has 162 valence electrons. The first kappa shape index (κ1) is 23.3. The fraction of sp³-hybridized carbons (Fsp3) is 0.435. The second-order valence-electron chi connectivity index (χ2n) is 7.77. The summed E-state index contributed by atoms with van der Waals surface area (Å²) in [5, 5.41) is 0. The number of rotatable bonds is 7. The Morgan fingerprint density at radius 3 is 2.17 bits per heavy atom. The van der Waals surface area contributed by atoms with Gasteiger partial charge in [0.05, 0.1) is 13.2 Å². The Kier molecular flexibility index (Phi) is 7.18. The van der Waals surface area contributed by atoms with Gasteiger partial charge in [-0.05, 0) is 44.0 Å². The molecule has 30 heavy (non-hydrogen) atoms. The molecule has 2 rings (SSSR count). The number of aromatic nitrogens is 1. The van der Waals surface area contributed by atoms with Gasteiger partial charge in [0.25, 0.3) is 0 Å². The van der Waals surface area contributed by atoms with Gasteiger partial charge in [-0.2, -0.15) is 0 Å². The van der Waals surface area contributed by atoms with E-state index in [0.717, 1.165) is 5.56 Å². The highest BCUT2D eigenvalue weighted by Gasteiger charge is 2.33. The van der Waals surface area contributed by atoms with Crippen LogP contribution in [0.1, 0.15) is 58.4 Å². The number of hydrogen-bond acceptors (Lipinski definition) is 4. The Balaban J connectivity index is 2.46. The van der Waals surface area contributed by atoms with Crippen molar-refractivity contribution in [2.24, 2.45) is 13.0 Å². The highest BCUT2D eigenvalue weighted by Crippen LogP contribution is 2.25. The minimum atomic E-state index is -0.768. The Bertz CT molecular complexity index is 961. The summed E-state index contributed by atoms with van der Waals surface area (Å²) in [5.74, 6) is -1.64. The molecule has 0 aliphatic heterocycles. The molecule has 0 saturated heterocycles. The average Bonchev–Trinajstić information content (AvgIpc) is 2.93. The monoisotopic (exact) mass is 416 g/mol. The molecule has 6 nitrogen and oxygen atoms in total. The third-order valence-electron chi connectivity index (χ3n) is 5.45. The van der Waals surface area contributed by atoms with Crippen LogP contribution in [0.5, 0.6) is 0 Å². The van der Waals surface area contributed by atoms with E-state index in [9.17, 15) is 18.8 Å². The number of ketones is 1. The van der Waals surface area contributed by atoms with Gasteiger partial charge in [-0.3, -0.25) is 9.59 Å². The largest absolute Gasteiger partial charge is 0.464 e. The van der Waals surface area contributed by atoms with E-state index in [1.54, 1.807) is 58.4 Å². The molecule has 0 saturated carbocycles. The van der Waals surface area contributed by atoms with Crippen molar-refractivity contribution >= 4 is 17.7 Å². The summed E-state index contributed by atoms with van der Waals surface area (Å²) < 4.78 is 19.7. The van der Waals surface area contributed by atoms with Gasteiger partial charge in [0.1, 0.15) is 11.5 Å². The number of benzene rings is 1. The molecule has 1 aromatic carbocycles. The topological polar surface area (TPSA) is 68.6 Å². The molecule has 1 heterocycles. The summed E-state index contributed by atoms with van der Waals surface area (Å²) in [6.45, 7) is 8.85. The summed E-state index contributed by atoms with van der Waals surface area (Å²) in [4.78, 5) is 40.0. The van der Waals surface area contributed by atoms with E-state index >= 15 is 0 Å². The van der Waals surface area contributed by atoms with Crippen molar-refractivity contribution < 1.29 is 23.5 Å². The Morgan fingerprint density at radius 2 is 1.67 bits per heavy atom. The smallest absolute Gasteiger partial charge is 0.354 e. The molecule has 0 fully saturated rings. The van der Waals surface area contributed by atoms with Crippen molar-refractivity contribution in [2.75, 3.05) is 7.11 Å². The molecule has 1 atom stereocenters. The maximum atomic E-state index is 13.5. The molecule has 1 unspecified atom stereocenters. The third-order valence-corrected chi connectivity index (χ3v) is 5.45. The summed E-state index contributed by atoms with van der Waals surface area (Å²) in [6.07, 6.45) is 0. The zero-order valence-electron chi connectivity index (χ0n) is 18.6. The average molecular weight is 416 g/mol. The van der Waals surface area contributed by atoms with Crippen LogP contribution in [0.25, 0.3) is 0 Å². The first-order valence-electron chi connectivity index (χ1n) is 9.84. The van der Waals surface area contributed by atoms with Crippen LogP contribution in [-0.2, 0) is 23.1 Å². The second kappa shape index (κ2) is 9.24. The van der Waals surface area contributed by atoms with E-state index in [0.29, 0.717) is 22.5 Å². The maximum Gasteiger partial charge on any atom is 0.354 e. The molecule has 0 N–H and O–H groups in total. The maximum absolute atomic E-state index is 13.5. The van der Waals surface area contributed by atoms with Crippen molar-refractivity contribution in [3.05, 3.63) is 58.2 Å². The zero-order chi connectivity index (χ0) is 22.7. The van der Waals surface area contributed by atoms with Gasteiger partial charge >= 0.3 is 5.97 Å². The molecular formula is C23H29FN2O4. The number of esters is 1. The van der Waals surface area contributed by atoms with Gasteiger partial charge in [0, 0.05) is 30.8 Å². The zero-order valence-corrected chi connectivity index (χ0v) is 18.6. The predicted octanol–water partition coefficient (Wildman–Crippen LogP) is 3.82. The number of hydrogen-bond donors (Lipinski definition) is 0. The van der Waals surface area contributed by atoms with E-state index in [1.807, 2.05) is 0 Å². The molecule has 0 bridgehead atoms. The SMILES string of the molecule is COC(=O)c1c(C)c(C(=O)C(C)N(Cc2ccc(F)cc2)C(=O)C(C)C)c(C)n1C. The van der Waals surface area contributed by atoms with Crippen molar-refractivity contribution in [3.63, 3.8) is 0 Å². The van der Waals surface area contributed by atoms with Crippen molar-refractivity contribution in [2.45, 2.75) is 47.2 Å². The third kappa shape index (κ3) is 4.45. The molecule has 2 aromatic rings. The number of carbonyl (C=O) groups is 3. The summed E-state index contributed by atoms with van der Waals surface area (Å²) in [7, 11) is 2.99. The number of amides is 1. The lowest BCUT2D eigenvalue weighted by atomic mass is 9.98. The van der Waals surface area contributed by atoms with Crippen LogP contribution in [0.2, 0.25) is 0 Å². The lowest BCUT2D eigenvalue weighted by Crippen LogP contribution is -2.44. The molecule has 1 amide bonds. The first-order valence-corrected chi connectivity index (χ1v) is 9.84. The van der Waals surface area contributed by atoms with Crippen LogP contribution in [0.4, 0.5) is 4.39 Å². The number of methoxy groups -OCH3 is 1. The van der Waals surface area contributed by atoms with Gasteiger partial charge in [-0.15, -0.1) is 0 Å². The minimum Gasteiger partial charge on any atom is -0.464 e. The Labute approximate surface area is 176 Å². The number of ether oxygens (including phenoxy) is 1. The van der Waals surface area contributed by atoms with Crippen LogP contribution < -0.4 is 0 Å². The number of halogens is 1. The van der Waals surface area contributed by atoms with E-state index in [4.69, 9.17) is 4.74 Å². The van der Waals surface area contributed by atoms with Crippen molar-refractivity contribution in [3.8, 4) is 0 Å². The fourth-order valence-electron chi connectivity index (χ4n) is 3.60. The number of Topliss-reactive ketones (excluding diaryl/α,β-unsaturated/α-hetero) is 1. The Hall–Kier alpha value is -2.96. The lowest BCUT2D eigenvalue weighted by Gasteiger charge is -2.30. The number of nitrogens with zero attached hydrogens (tertiary/aromatic N) is 2. The molecule has 0 aliphatic rings. The van der Waals surface area contributed by atoms with Gasteiger partial charge in [0.2, 0.25) is 5.91 Å². The van der Waals surface area contributed by atoms with E-state index < -0.39 is 12.0 Å². The van der Waals surface area contributed by atoms with Crippen molar-refractivity contribution in [1.29, 1.82) is 0 Å². The van der Waals surface area contributed by atoms with Crippen LogP contribution in [0, 0.1) is 25.6 Å². The van der Waals surface area contributed by atoms with Crippen LogP contribution >= 0.6 is 0 Å². The lowest BCUT2D eigenvalue weighted by molar-refractivity contribution is -0.136. The van der Waals surface area contributed by atoms with E-state index in [2.05, 4.69) is 0 Å². The quantitative estimate of drug-likeness (QED) is 0.508. The normalized spacial score (nSPS) is 12.0. The Morgan fingerprint density at radius 1 is 1.10 bits per heavy atom. The second-order valence-corrected chi connectivity index (χ2v) is 7.77. The standard InChI is InChI=1S/C23H29FN2O4/c1-13(2)22(28)26(12-17-8-10-18(24)11-9-17)16(5)21(27)19-14(3)20(23(29)30-7)25(6)15(19)4/h8-11,13,16H,12H2,1-7H3. The van der Waals surface area contributed by atoms with Crippen molar-refractivity contribution in [1.82, 2.24) is 9.47 Å². The van der Waals surface area contributed by atoms with Gasteiger partial charge in [-0.25, -0.2) is 9.18 Å². The van der Waals surface area contributed by atoms with Gasteiger partial charge < -0.3 is 14.2 Å². The summed E-state index contributed by atoms with van der Waals surface area (Å²) >= 11 is 0. The number of carbonyl (C=O) groups excluding carboxylic acids is 3. The van der Waals surface area contributed by atoms with Crippen LogP contribution in [0.15, 0.2) is 24.3 Å². The molecule has 0 spiro atoms. The molecule has 1 aromatic heterocycles. The summed E-state index contributed by atoms with van der Waals surface area (Å²) in [5.41, 5.74) is 2.60. The first-order chi connectivity index (χ1) is 14.0. The fourth-order valence-corrected chi connectivity index (χ4v) is 3.60. The van der Waals surface area contributed by atoms with Gasteiger partial charge in [-0.1, -0.05) is 26.0 Å². The highest BCUT2D eigenvalue weighted by molar-refractivity contribution is 6.06. The van der Waals surface area contributed by atoms with Crippen LogP contribution in [-0.4, -0.2) is 40.3 Å².